The molecule has 0 bridgehead atoms. The monoisotopic (exact) mass is 584 g/mol. The van der Waals surface area contributed by atoms with E-state index >= 15 is 0 Å². The summed E-state index contributed by atoms with van der Waals surface area (Å²) in [5.74, 6) is -0.0182. The number of nitrogens with zero attached hydrogens (tertiary/aromatic N) is 2. The minimum Gasteiger partial charge on any atom is -0.467 e. The van der Waals surface area contributed by atoms with Crippen LogP contribution in [0.25, 0.3) is 22.2 Å². The van der Waals surface area contributed by atoms with Gasteiger partial charge in [0.1, 0.15) is 11.5 Å². The molecule has 3 atom stereocenters. The Morgan fingerprint density at radius 3 is 2.51 bits per heavy atom. The second kappa shape index (κ2) is 11.1. The summed E-state index contributed by atoms with van der Waals surface area (Å²) in [5.41, 5.74) is 3.06. The summed E-state index contributed by atoms with van der Waals surface area (Å²) < 4.78 is 11.0. The molecule has 43 heavy (non-hydrogen) atoms. The van der Waals surface area contributed by atoms with Crippen LogP contribution in [-0.2, 0) is 32.9 Å². The third-order valence-corrected chi connectivity index (χ3v) is 9.32. The van der Waals surface area contributed by atoms with Gasteiger partial charge in [0.25, 0.3) is 0 Å². The quantitative estimate of drug-likeness (QED) is 0.280. The Labute approximate surface area is 251 Å². The maximum absolute atomic E-state index is 14.5. The SMILES string of the molecule is CC(C)N(C(=O)[C@H]1C[C@H](CC(=O)NCc2ccco2)C(=O)N2CCc3c([nH]c4cc(-c5ccco5)ccc34)[C@]12C)C(C)C. The van der Waals surface area contributed by atoms with Gasteiger partial charge in [0.15, 0.2) is 0 Å². The zero-order valence-electron chi connectivity index (χ0n) is 25.5. The van der Waals surface area contributed by atoms with Crippen LogP contribution in [0.4, 0.5) is 0 Å². The number of furan rings is 2. The highest BCUT2D eigenvalue weighted by molar-refractivity contribution is 5.94. The predicted octanol–water partition coefficient (Wildman–Crippen LogP) is 5.61. The van der Waals surface area contributed by atoms with Crippen LogP contribution in [-0.4, -0.2) is 51.1 Å². The van der Waals surface area contributed by atoms with Crippen LogP contribution >= 0.6 is 0 Å². The summed E-state index contributed by atoms with van der Waals surface area (Å²) in [6.07, 6.45) is 4.19. The number of benzene rings is 1. The molecule has 2 aliphatic rings. The first-order chi connectivity index (χ1) is 20.6. The van der Waals surface area contributed by atoms with Crippen LogP contribution in [0.5, 0.6) is 0 Å². The van der Waals surface area contributed by atoms with Gasteiger partial charge in [0.2, 0.25) is 17.7 Å². The zero-order valence-corrected chi connectivity index (χ0v) is 25.5. The second-order valence-electron chi connectivity index (χ2n) is 12.6. The van der Waals surface area contributed by atoms with E-state index in [0.29, 0.717) is 25.1 Å². The lowest BCUT2D eigenvalue weighted by atomic mass is 9.67. The molecule has 9 heteroatoms. The molecule has 2 aliphatic heterocycles. The van der Waals surface area contributed by atoms with Gasteiger partial charge < -0.3 is 28.9 Å². The number of carbonyl (C=O) groups is 3. The molecule has 5 heterocycles. The van der Waals surface area contributed by atoms with Crippen molar-refractivity contribution < 1.29 is 23.2 Å². The number of carbonyl (C=O) groups excluding carboxylic acids is 3. The molecule has 4 aromatic rings. The smallest absolute Gasteiger partial charge is 0.228 e. The highest BCUT2D eigenvalue weighted by Gasteiger charge is 2.57. The van der Waals surface area contributed by atoms with Crippen molar-refractivity contribution in [2.45, 2.75) is 78.0 Å². The largest absolute Gasteiger partial charge is 0.467 e. The Morgan fingerprint density at radius 1 is 1.09 bits per heavy atom. The number of H-pyrrole nitrogens is 1. The standard InChI is InChI=1S/C34H40N4O5/c1-20(2)38(21(3)4)33(41)27-16-23(18-30(39)35-19-24-8-6-14-42-24)32(40)37-13-12-26-25-11-10-22(29-9-7-15-43-29)17-28(25)36-31(26)34(27,37)5/h6-11,14-15,17,20-21,23,27,36H,12-13,16,18-19H2,1-5H3,(H,35,39)/t23-,27-,34+/m1/s1. The third kappa shape index (κ3) is 4.94. The number of nitrogens with one attached hydrogen (secondary N) is 2. The Balaban J connectivity index is 1.39. The maximum atomic E-state index is 14.5. The summed E-state index contributed by atoms with van der Waals surface area (Å²) in [5, 5.41) is 3.97. The van der Waals surface area contributed by atoms with E-state index in [0.717, 1.165) is 33.5 Å². The van der Waals surface area contributed by atoms with Gasteiger partial charge in [-0.1, -0.05) is 12.1 Å². The van der Waals surface area contributed by atoms with Crippen molar-refractivity contribution in [3.63, 3.8) is 0 Å². The molecule has 1 saturated heterocycles. The van der Waals surface area contributed by atoms with Gasteiger partial charge >= 0.3 is 0 Å². The molecule has 0 unspecified atom stereocenters. The molecule has 226 valence electrons. The molecular weight excluding hydrogens is 544 g/mol. The van der Waals surface area contributed by atoms with Crippen LogP contribution in [0.3, 0.4) is 0 Å². The highest BCUT2D eigenvalue weighted by Crippen LogP contribution is 2.50. The van der Waals surface area contributed by atoms with Crippen molar-refractivity contribution in [2.24, 2.45) is 11.8 Å². The Bertz CT molecular complexity index is 1630. The molecular formula is C34H40N4O5. The third-order valence-electron chi connectivity index (χ3n) is 9.32. The van der Waals surface area contributed by atoms with E-state index in [1.54, 1.807) is 24.7 Å². The molecule has 0 aliphatic carbocycles. The number of amides is 3. The molecule has 0 saturated carbocycles. The fourth-order valence-corrected chi connectivity index (χ4v) is 7.36. The van der Waals surface area contributed by atoms with E-state index in [9.17, 15) is 14.4 Å². The summed E-state index contributed by atoms with van der Waals surface area (Å²) in [7, 11) is 0. The maximum Gasteiger partial charge on any atom is 0.228 e. The molecule has 9 nitrogen and oxygen atoms in total. The summed E-state index contributed by atoms with van der Waals surface area (Å²) in [6.45, 7) is 10.9. The lowest BCUT2D eigenvalue weighted by Crippen LogP contribution is -2.65. The first kappa shape index (κ1) is 28.8. The number of aromatic amines is 1. The fourth-order valence-electron chi connectivity index (χ4n) is 7.36. The second-order valence-corrected chi connectivity index (χ2v) is 12.6. The molecule has 1 fully saturated rings. The molecule has 3 aromatic heterocycles. The van der Waals surface area contributed by atoms with E-state index in [1.165, 1.54) is 0 Å². The number of hydrogen-bond acceptors (Lipinski definition) is 5. The van der Waals surface area contributed by atoms with E-state index in [-0.39, 0.29) is 42.8 Å². The van der Waals surface area contributed by atoms with Gasteiger partial charge in [-0.15, -0.1) is 0 Å². The van der Waals surface area contributed by atoms with Gasteiger partial charge in [0.05, 0.1) is 30.5 Å². The van der Waals surface area contributed by atoms with Crippen LogP contribution in [0, 0.1) is 11.8 Å². The summed E-state index contributed by atoms with van der Waals surface area (Å²) >= 11 is 0. The lowest BCUT2D eigenvalue weighted by Gasteiger charge is -2.54. The average Bonchev–Trinajstić information content (AvgIpc) is 3.74. The number of hydrogen-bond donors (Lipinski definition) is 2. The van der Waals surface area contributed by atoms with E-state index in [4.69, 9.17) is 8.83 Å². The van der Waals surface area contributed by atoms with E-state index < -0.39 is 17.4 Å². The molecule has 0 radical (unpaired) electrons. The fraction of sp³-hybridized carbons (Fsp3) is 0.441. The molecule has 6 rings (SSSR count). The zero-order chi connectivity index (χ0) is 30.5. The molecule has 1 aromatic carbocycles. The van der Waals surface area contributed by atoms with Crippen molar-refractivity contribution in [1.29, 1.82) is 0 Å². The van der Waals surface area contributed by atoms with Crippen LogP contribution in [0.15, 0.2) is 63.8 Å². The average molecular weight is 585 g/mol. The summed E-state index contributed by atoms with van der Waals surface area (Å²) in [6, 6.07) is 13.6. The van der Waals surface area contributed by atoms with Crippen molar-refractivity contribution in [3.8, 4) is 11.3 Å². The molecule has 3 amide bonds. The first-order valence-corrected chi connectivity index (χ1v) is 15.2. The normalized spacial score (nSPS) is 21.7. The van der Waals surface area contributed by atoms with Crippen molar-refractivity contribution in [2.75, 3.05) is 6.54 Å². The van der Waals surface area contributed by atoms with E-state index in [2.05, 4.69) is 28.5 Å². The van der Waals surface area contributed by atoms with Gasteiger partial charge in [-0.25, -0.2) is 0 Å². The van der Waals surface area contributed by atoms with Crippen molar-refractivity contribution in [1.82, 2.24) is 20.1 Å². The topological polar surface area (TPSA) is 112 Å². The number of rotatable bonds is 8. The Hall–Kier alpha value is -4.27. The highest BCUT2D eigenvalue weighted by atomic mass is 16.3. The first-order valence-electron chi connectivity index (χ1n) is 15.2. The van der Waals surface area contributed by atoms with Gasteiger partial charge in [-0.05, 0) is 83.4 Å². The Kier molecular flexibility index (Phi) is 7.44. The van der Waals surface area contributed by atoms with E-state index in [1.807, 2.05) is 56.6 Å². The summed E-state index contributed by atoms with van der Waals surface area (Å²) in [4.78, 5) is 49.2. The number of piperidine rings is 1. The minimum atomic E-state index is -0.894. The molecule has 0 spiro atoms. The van der Waals surface area contributed by atoms with Crippen LogP contribution in [0.2, 0.25) is 0 Å². The minimum absolute atomic E-state index is 0.00812. The molecule has 2 N–H and O–H groups in total. The van der Waals surface area contributed by atoms with Crippen LogP contribution < -0.4 is 5.32 Å². The van der Waals surface area contributed by atoms with Crippen molar-refractivity contribution >= 4 is 28.6 Å². The Morgan fingerprint density at radius 2 is 1.84 bits per heavy atom. The lowest BCUT2D eigenvalue weighted by molar-refractivity contribution is -0.166. The van der Waals surface area contributed by atoms with Gasteiger partial charge in [0, 0.05) is 53.1 Å². The van der Waals surface area contributed by atoms with Gasteiger partial charge in [-0.3, -0.25) is 14.4 Å². The van der Waals surface area contributed by atoms with Gasteiger partial charge in [-0.2, -0.15) is 0 Å². The number of aromatic nitrogens is 1. The predicted molar refractivity (Wildman–Crippen MR) is 163 cm³/mol. The number of fused-ring (bicyclic) bond motifs is 5. The van der Waals surface area contributed by atoms with Crippen LogP contribution in [0.1, 0.15) is 64.5 Å². The van der Waals surface area contributed by atoms with Crippen molar-refractivity contribution in [3.05, 3.63) is 72.0 Å².